The standard InChI is InChI=1S/C36H63N5O7S/c1-10-11-15-26(28(42)31(44)37-24-16-17-24)38-30(43)27-25(23(2)3)18-21-41(27)32(45)29(34(4,5)6)39-33(46)40-36(19-13-12-14-20-36)22-49(47,48)35(7,8)9/h23-27,29H,10-22H2,1-9H3,(H,37,44)(H,38,43)(H2,39,40,46)/t25?,26-,27+,29-/m1/s1. The summed E-state index contributed by atoms with van der Waals surface area (Å²) in [4.78, 5) is 69.7. The molecular formula is C36H63N5O7S. The van der Waals surface area contributed by atoms with Crippen LogP contribution >= 0.6 is 0 Å². The van der Waals surface area contributed by atoms with E-state index in [1.165, 1.54) is 4.90 Å². The van der Waals surface area contributed by atoms with E-state index in [1.807, 2.05) is 41.5 Å². The monoisotopic (exact) mass is 709 g/mol. The number of nitrogens with zero attached hydrogens (tertiary/aromatic N) is 1. The number of hydrogen-bond donors (Lipinski definition) is 4. The van der Waals surface area contributed by atoms with Crippen LogP contribution < -0.4 is 21.3 Å². The number of carbonyl (C=O) groups is 5. The highest BCUT2D eigenvalue weighted by atomic mass is 32.2. The Morgan fingerprint density at radius 2 is 1.51 bits per heavy atom. The average molecular weight is 710 g/mol. The van der Waals surface area contributed by atoms with Gasteiger partial charge in [-0.3, -0.25) is 19.2 Å². The van der Waals surface area contributed by atoms with E-state index in [0.29, 0.717) is 38.6 Å². The van der Waals surface area contributed by atoms with Crippen LogP contribution in [0.2, 0.25) is 0 Å². The van der Waals surface area contributed by atoms with E-state index < -0.39 is 73.2 Å². The van der Waals surface area contributed by atoms with Crippen LogP contribution in [0.4, 0.5) is 4.79 Å². The summed E-state index contributed by atoms with van der Waals surface area (Å²) in [7, 11) is -3.56. The summed E-state index contributed by atoms with van der Waals surface area (Å²) in [5, 5.41) is 11.5. The first-order valence-corrected chi connectivity index (χ1v) is 20.0. The quantitative estimate of drug-likeness (QED) is 0.198. The summed E-state index contributed by atoms with van der Waals surface area (Å²) < 4.78 is 25.6. The summed E-state index contributed by atoms with van der Waals surface area (Å²) in [6.07, 6.45) is 7.51. The van der Waals surface area contributed by atoms with Crippen LogP contribution in [0.1, 0.15) is 133 Å². The Hall–Kier alpha value is -2.70. The summed E-state index contributed by atoms with van der Waals surface area (Å²) in [5.74, 6) is -2.63. The molecule has 4 N–H and O–H groups in total. The molecule has 2 aliphatic carbocycles. The number of rotatable bonds is 14. The molecule has 2 saturated carbocycles. The van der Waals surface area contributed by atoms with Crippen LogP contribution in [-0.4, -0.2) is 89.6 Å². The number of sulfone groups is 1. The van der Waals surface area contributed by atoms with E-state index in [9.17, 15) is 32.4 Å². The number of Topliss-reactive ketones (excluding diaryl/α,β-unsaturated/α-hetero) is 1. The number of urea groups is 1. The number of ketones is 1. The van der Waals surface area contributed by atoms with Gasteiger partial charge in [0.15, 0.2) is 9.84 Å². The third-order valence-electron chi connectivity index (χ3n) is 10.4. The van der Waals surface area contributed by atoms with Crippen LogP contribution in [-0.2, 0) is 29.0 Å². The summed E-state index contributed by atoms with van der Waals surface area (Å²) in [6.45, 7) is 16.7. The fourth-order valence-corrected chi connectivity index (χ4v) is 8.53. The Morgan fingerprint density at radius 1 is 0.898 bits per heavy atom. The number of amides is 5. The summed E-state index contributed by atoms with van der Waals surface area (Å²) >= 11 is 0. The molecule has 3 aliphatic rings. The first-order chi connectivity index (χ1) is 22.6. The zero-order valence-electron chi connectivity index (χ0n) is 31.4. The molecule has 1 unspecified atom stereocenters. The fraction of sp³-hybridized carbons (Fsp3) is 0.861. The first-order valence-electron chi connectivity index (χ1n) is 18.4. The maximum Gasteiger partial charge on any atom is 0.315 e. The Labute approximate surface area is 294 Å². The van der Waals surface area contributed by atoms with Crippen LogP contribution in [0.25, 0.3) is 0 Å². The minimum Gasteiger partial charge on any atom is -0.347 e. The highest BCUT2D eigenvalue weighted by molar-refractivity contribution is 7.92. The van der Waals surface area contributed by atoms with Crippen molar-refractivity contribution >= 4 is 39.4 Å². The zero-order valence-corrected chi connectivity index (χ0v) is 32.2. The van der Waals surface area contributed by atoms with E-state index >= 15 is 0 Å². The van der Waals surface area contributed by atoms with E-state index in [0.717, 1.165) is 38.5 Å². The molecule has 13 heteroatoms. The first kappa shape index (κ1) is 40.7. The lowest BCUT2D eigenvalue weighted by Crippen LogP contribution is -2.64. The Morgan fingerprint density at radius 3 is 2.02 bits per heavy atom. The van der Waals surface area contributed by atoms with E-state index in [2.05, 4.69) is 21.3 Å². The molecule has 0 bridgehead atoms. The Bertz CT molecular complexity index is 1320. The topological polar surface area (TPSA) is 171 Å². The van der Waals surface area contributed by atoms with Gasteiger partial charge in [0, 0.05) is 12.6 Å². The van der Waals surface area contributed by atoms with Crippen LogP contribution in [0.3, 0.4) is 0 Å². The van der Waals surface area contributed by atoms with Crippen LogP contribution in [0.5, 0.6) is 0 Å². The smallest absolute Gasteiger partial charge is 0.315 e. The minimum absolute atomic E-state index is 0.00200. The second-order valence-corrected chi connectivity index (χ2v) is 19.8. The molecule has 1 saturated heterocycles. The molecule has 1 aliphatic heterocycles. The maximum atomic E-state index is 14.4. The normalized spacial score (nSPS) is 22.6. The second-order valence-electron chi connectivity index (χ2n) is 17.1. The summed E-state index contributed by atoms with van der Waals surface area (Å²) in [5.41, 5.74) is -1.71. The Balaban J connectivity index is 1.85. The molecular weight excluding hydrogens is 646 g/mol. The number of nitrogens with one attached hydrogen (secondary N) is 4. The SMILES string of the molecule is CCCC[C@@H](NC(=O)[C@@H]1C(C(C)C)CCN1C(=O)[C@@H](NC(=O)NC1(CS(=O)(=O)C(C)(C)C)CCCCC1)C(C)(C)C)C(=O)C(=O)NC1CC1. The van der Waals surface area contributed by atoms with Gasteiger partial charge < -0.3 is 26.2 Å². The second kappa shape index (κ2) is 16.1. The van der Waals surface area contributed by atoms with Crippen molar-refractivity contribution in [3.05, 3.63) is 0 Å². The maximum absolute atomic E-state index is 14.4. The van der Waals surface area contributed by atoms with Crippen molar-refractivity contribution in [3.63, 3.8) is 0 Å². The Kier molecular flexibility index (Phi) is 13.4. The van der Waals surface area contributed by atoms with Gasteiger partial charge in [-0.1, -0.05) is 73.6 Å². The molecule has 0 aromatic rings. The van der Waals surface area contributed by atoms with Crippen LogP contribution in [0.15, 0.2) is 0 Å². The zero-order chi connectivity index (χ0) is 36.9. The number of unbranched alkanes of at least 4 members (excludes halogenated alkanes) is 1. The lowest BCUT2D eigenvalue weighted by Gasteiger charge is -2.41. The van der Waals surface area contributed by atoms with Crippen molar-refractivity contribution in [3.8, 4) is 0 Å². The number of hydrogen-bond acceptors (Lipinski definition) is 7. The number of carbonyl (C=O) groups excluding carboxylic acids is 5. The van der Waals surface area contributed by atoms with Gasteiger partial charge >= 0.3 is 6.03 Å². The largest absolute Gasteiger partial charge is 0.347 e. The molecule has 1 heterocycles. The molecule has 4 atom stereocenters. The van der Waals surface area contributed by atoms with Gasteiger partial charge in [0.05, 0.1) is 22.1 Å². The van der Waals surface area contributed by atoms with Crippen molar-refractivity contribution < 1.29 is 32.4 Å². The van der Waals surface area contributed by atoms with Gasteiger partial charge in [0.1, 0.15) is 12.1 Å². The van der Waals surface area contributed by atoms with Crippen molar-refractivity contribution in [1.82, 2.24) is 26.2 Å². The van der Waals surface area contributed by atoms with Gasteiger partial charge in [0.2, 0.25) is 17.6 Å². The molecule has 5 amide bonds. The average Bonchev–Trinajstić information content (AvgIpc) is 3.68. The molecule has 3 rings (SSSR count). The molecule has 0 spiro atoms. The van der Waals surface area contributed by atoms with Gasteiger partial charge in [0.25, 0.3) is 5.91 Å². The molecule has 0 aromatic carbocycles. The lowest BCUT2D eigenvalue weighted by molar-refractivity contribution is -0.145. The number of likely N-dealkylation sites (tertiary alicyclic amines) is 1. The van der Waals surface area contributed by atoms with E-state index in [-0.39, 0.29) is 23.6 Å². The van der Waals surface area contributed by atoms with Crippen molar-refractivity contribution in [2.45, 2.75) is 167 Å². The summed E-state index contributed by atoms with van der Waals surface area (Å²) in [6, 6.07) is -3.55. The molecule has 0 aromatic heterocycles. The highest BCUT2D eigenvalue weighted by Crippen LogP contribution is 2.35. The highest BCUT2D eigenvalue weighted by Gasteiger charge is 2.49. The van der Waals surface area contributed by atoms with Crippen molar-refractivity contribution in [2.75, 3.05) is 12.3 Å². The third-order valence-corrected chi connectivity index (χ3v) is 13.2. The molecule has 0 radical (unpaired) electrons. The van der Waals surface area contributed by atoms with Gasteiger partial charge in [-0.2, -0.15) is 0 Å². The molecule has 12 nitrogen and oxygen atoms in total. The molecule has 3 fully saturated rings. The predicted molar refractivity (Wildman–Crippen MR) is 190 cm³/mol. The van der Waals surface area contributed by atoms with Crippen molar-refractivity contribution in [2.24, 2.45) is 17.3 Å². The van der Waals surface area contributed by atoms with E-state index in [4.69, 9.17) is 0 Å². The van der Waals surface area contributed by atoms with Crippen molar-refractivity contribution in [1.29, 1.82) is 0 Å². The molecule has 280 valence electrons. The lowest BCUT2D eigenvalue weighted by atomic mass is 9.83. The van der Waals surface area contributed by atoms with Crippen LogP contribution in [0, 0.1) is 17.3 Å². The van der Waals surface area contributed by atoms with E-state index in [1.54, 1.807) is 20.8 Å². The van der Waals surface area contributed by atoms with Gasteiger partial charge in [-0.25, -0.2) is 13.2 Å². The van der Waals surface area contributed by atoms with Gasteiger partial charge in [-0.15, -0.1) is 0 Å². The minimum atomic E-state index is -3.56. The van der Waals surface area contributed by atoms with Gasteiger partial charge in [-0.05, 0) is 76.5 Å². The molecule has 49 heavy (non-hydrogen) atoms. The third kappa shape index (κ3) is 10.7. The predicted octanol–water partition coefficient (Wildman–Crippen LogP) is 4.01. The fourth-order valence-electron chi connectivity index (χ4n) is 7.01.